The van der Waals surface area contributed by atoms with E-state index in [4.69, 9.17) is 0 Å². The number of nitrogens with one attached hydrogen (secondary N) is 1. The van der Waals surface area contributed by atoms with E-state index in [0.717, 1.165) is 4.90 Å². The van der Waals surface area contributed by atoms with Gasteiger partial charge in [-0.25, -0.2) is 13.3 Å². The molecule has 3 aromatic rings. The van der Waals surface area contributed by atoms with Crippen LogP contribution < -0.4 is 9.62 Å². The Morgan fingerprint density at radius 2 is 1.52 bits per heavy atom. The maximum atomic E-state index is 12.5. The molecule has 0 radical (unpaired) electrons. The summed E-state index contributed by atoms with van der Waals surface area (Å²) in [4.78, 5) is 30.0. The number of imide groups is 1. The average molecular weight is 379 g/mol. The molecule has 134 valence electrons. The molecular formula is C19H13N3O4S. The number of amides is 2. The fraction of sp³-hybridized carbons (Fsp3) is 0. The van der Waals surface area contributed by atoms with Crippen molar-refractivity contribution in [3.63, 3.8) is 0 Å². The Hall–Kier alpha value is -3.52. The van der Waals surface area contributed by atoms with Crippen LogP contribution in [0.2, 0.25) is 0 Å². The van der Waals surface area contributed by atoms with Crippen LogP contribution in [0.5, 0.6) is 0 Å². The second-order valence-corrected chi connectivity index (χ2v) is 7.49. The second kappa shape index (κ2) is 6.33. The minimum atomic E-state index is -3.72. The molecule has 0 saturated carbocycles. The molecule has 1 aromatic heterocycles. The van der Waals surface area contributed by atoms with E-state index in [2.05, 4.69) is 9.71 Å². The molecule has 8 heteroatoms. The van der Waals surface area contributed by atoms with Gasteiger partial charge in [-0.15, -0.1) is 0 Å². The van der Waals surface area contributed by atoms with E-state index in [1.807, 2.05) is 0 Å². The van der Waals surface area contributed by atoms with Crippen molar-refractivity contribution in [1.82, 2.24) is 4.98 Å². The first kappa shape index (κ1) is 16.9. The van der Waals surface area contributed by atoms with E-state index < -0.39 is 21.8 Å². The summed E-state index contributed by atoms with van der Waals surface area (Å²) < 4.78 is 27.2. The standard InChI is InChI=1S/C19H13N3O4S/c23-18-16-7-4-12-20-17(16)19(24)22(18)14-10-8-13(9-11-14)21-27(25,26)15-5-2-1-3-6-15/h1-12,21H. The van der Waals surface area contributed by atoms with E-state index in [0.29, 0.717) is 11.4 Å². The normalized spacial score (nSPS) is 13.6. The maximum Gasteiger partial charge on any atom is 0.284 e. The molecule has 0 saturated heterocycles. The zero-order valence-electron chi connectivity index (χ0n) is 13.9. The number of hydrogen-bond donors (Lipinski definition) is 1. The predicted molar refractivity (Wildman–Crippen MR) is 99.1 cm³/mol. The molecule has 0 unspecified atom stereocenters. The SMILES string of the molecule is O=C1c2cccnc2C(=O)N1c1ccc(NS(=O)(=O)c2ccccc2)cc1. The summed E-state index contributed by atoms with van der Waals surface area (Å²) in [6.07, 6.45) is 1.45. The predicted octanol–water partition coefficient (Wildman–Crippen LogP) is 2.68. The third-order valence-electron chi connectivity index (χ3n) is 4.08. The molecular weight excluding hydrogens is 366 g/mol. The number of anilines is 2. The van der Waals surface area contributed by atoms with Gasteiger partial charge in [0.1, 0.15) is 5.69 Å². The molecule has 0 spiro atoms. The van der Waals surface area contributed by atoms with E-state index in [-0.39, 0.29) is 16.2 Å². The number of pyridine rings is 1. The van der Waals surface area contributed by atoms with Crippen LogP contribution >= 0.6 is 0 Å². The zero-order chi connectivity index (χ0) is 19.0. The highest BCUT2D eigenvalue weighted by Crippen LogP contribution is 2.28. The number of carbonyl (C=O) groups is 2. The van der Waals surface area contributed by atoms with Gasteiger partial charge in [0.05, 0.1) is 16.1 Å². The van der Waals surface area contributed by atoms with Gasteiger partial charge in [0, 0.05) is 11.9 Å². The van der Waals surface area contributed by atoms with Crippen molar-refractivity contribution in [2.24, 2.45) is 0 Å². The molecule has 27 heavy (non-hydrogen) atoms. The first-order chi connectivity index (χ1) is 13.0. The van der Waals surface area contributed by atoms with Crippen molar-refractivity contribution < 1.29 is 18.0 Å². The van der Waals surface area contributed by atoms with Crippen LogP contribution in [-0.4, -0.2) is 25.2 Å². The molecule has 7 nitrogen and oxygen atoms in total. The van der Waals surface area contributed by atoms with Crippen molar-refractivity contribution in [3.8, 4) is 0 Å². The van der Waals surface area contributed by atoms with Gasteiger partial charge in [0.25, 0.3) is 21.8 Å². The van der Waals surface area contributed by atoms with Gasteiger partial charge in [-0.2, -0.15) is 0 Å². The Kier molecular flexibility index (Phi) is 3.97. The van der Waals surface area contributed by atoms with E-state index in [1.165, 1.54) is 42.6 Å². The summed E-state index contributed by atoms with van der Waals surface area (Å²) in [5, 5.41) is 0. The number of aromatic nitrogens is 1. The van der Waals surface area contributed by atoms with Gasteiger partial charge in [0.2, 0.25) is 0 Å². The summed E-state index contributed by atoms with van der Waals surface area (Å²) in [6, 6.07) is 17.1. The Bertz CT molecular complexity index is 1110. The fourth-order valence-corrected chi connectivity index (χ4v) is 3.87. The number of rotatable bonds is 4. The van der Waals surface area contributed by atoms with Crippen molar-refractivity contribution in [3.05, 3.63) is 84.2 Å². The first-order valence-electron chi connectivity index (χ1n) is 7.99. The number of hydrogen-bond acceptors (Lipinski definition) is 5. The minimum absolute atomic E-state index is 0.108. The van der Waals surface area contributed by atoms with E-state index in [1.54, 1.807) is 30.3 Å². The summed E-state index contributed by atoms with van der Waals surface area (Å²) in [5.41, 5.74) is 1.01. The molecule has 1 aliphatic rings. The average Bonchev–Trinajstić information content (AvgIpc) is 2.94. The van der Waals surface area contributed by atoms with Gasteiger partial charge < -0.3 is 0 Å². The summed E-state index contributed by atoms with van der Waals surface area (Å²) in [7, 11) is -3.72. The topological polar surface area (TPSA) is 96.4 Å². The van der Waals surface area contributed by atoms with Gasteiger partial charge in [-0.1, -0.05) is 18.2 Å². The van der Waals surface area contributed by atoms with Crippen molar-refractivity contribution in [1.29, 1.82) is 0 Å². The van der Waals surface area contributed by atoms with Gasteiger partial charge >= 0.3 is 0 Å². The van der Waals surface area contributed by atoms with Crippen LogP contribution in [-0.2, 0) is 10.0 Å². The molecule has 0 fully saturated rings. The van der Waals surface area contributed by atoms with E-state index in [9.17, 15) is 18.0 Å². The van der Waals surface area contributed by atoms with Crippen LogP contribution in [0, 0.1) is 0 Å². The first-order valence-corrected chi connectivity index (χ1v) is 9.47. The number of carbonyl (C=O) groups excluding carboxylic acids is 2. The zero-order valence-corrected chi connectivity index (χ0v) is 14.7. The van der Waals surface area contributed by atoms with Gasteiger partial charge in [-0.3, -0.25) is 19.3 Å². The maximum absolute atomic E-state index is 12.5. The third kappa shape index (κ3) is 2.96. The van der Waals surface area contributed by atoms with Crippen LogP contribution in [0.25, 0.3) is 0 Å². The Morgan fingerprint density at radius 3 is 2.19 bits per heavy atom. The highest BCUT2D eigenvalue weighted by Gasteiger charge is 2.37. The van der Waals surface area contributed by atoms with Gasteiger partial charge in [-0.05, 0) is 48.5 Å². The summed E-state index contributed by atoms with van der Waals surface area (Å²) in [6.45, 7) is 0. The molecule has 2 heterocycles. The van der Waals surface area contributed by atoms with Gasteiger partial charge in [0.15, 0.2) is 0 Å². The molecule has 4 rings (SSSR count). The van der Waals surface area contributed by atoms with Crippen LogP contribution in [0.4, 0.5) is 11.4 Å². The number of sulfonamides is 1. The van der Waals surface area contributed by atoms with Crippen molar-refractivity contribution >= 4 is 33.2 Å². The summed E-state index contributed by atoms with van der Waals surface area (Å²) in [5.74, 6) is -0.964. The molecule has 1 aliphatic heterocycles. The largest absolute Gasteiger partial charge is 0.284 e. The molecule has 1 N–H and O–H groups in total. The Balaban J connectivity index is 1.59. The molecule has 2 amide bonds. The fourth-order valence-electron chi connectivity index (χ4n) is 2.79. The van der Waals surface area contributed by atoms with Crippen molar-refractivity contribution in [2.45, 2.75) is 4.90 Å². The van der Waals surface area contributed by atoms with Crippen LogP contribution in [0.1, 0.15) is 20.8 Å². The van der Waals surface area contributed by atoms with E-state index >= 15 is 0 Å². The molecule has 2 aromatic carbocycles. The quantitative estimate of drug-likeness (QED) is 0.703. The van der Waals surface area contributed by atoms with Crippen LogP contribution in [0.15, 0.2) is 77.8 Å². The lowest BCUT2D eigenvalue weighted by Gasteiger charge is -2.14. The summed E-state index contributed by atoms with van der Waals surface area (Å²) >= 11 is 0. The number of fused-ring (bicyclic) bond motifs is 1. The third-order valence-corrected chi connectivity index (χ3v) is 5.48. The number of benzene rings is 2. The van der Waals surface area contributed by atoms with Crippen LogP contribution in [0.3, 0.4) is 0 Å². The molecule has 0 bridgehead atoms. The lowest BCUT2D eigenvalue weighted by atomic mass is 10.2. The second-order valence-electron chi connectivity index (χ2n) is 5.81. The lowest BCUT2D eigenvalue weighted by Crippen LogP contribution is -2.29. The molecule has 0 aliphatic carbocycles. The number of nitrogens with zero attached hydrogens (tertiary/aromatic N) is 2. The Labute approximate surface area is 155 Å². The highest BCUT2D eigenvalue weighted by atomic mass is 32.2. The minimum Gasteiger partial charge on any atom is -0.280 e. The lowest BCUT2D eigenvalue weighted by molar-refractivity contribution is 0.0924. The molecule has 0 atom stereocenters. The highest BCUT2D eigenvalue weighted by molar-refractivity contribution is 7.92. The monoisotopic (exact) mass is 379 g/mol. The Morgan fingerprint density at radius 1 is 0.815 bits per heavy atom. The van der Waals surface area contributed by atoms with Crippen molar-refractivity contribution in [2.75, 3.05) is 9.62 Å². The smallest absolute Gasteiger partial charge is 0.280 e.